The first-order valence-corrected chi connectivity index (χ1v) is 43.4. The van der Waals surface area contributed by atoms with E-state index in [4.69, 9.17) is 152 Å². The molecule has 9 heterocycles. The Labute approximate surface area is 767 Å². The van der Waals surface area contributed by atoms with E-state index in [2.05, 4.69) is 63.6 Å². The molecule has 21 nitrogen and oxygen atoms in total. The van der Waals surface area contributed by atoms with Gasteiger partial charge >= 0.3 is 6.18 Å². The van der Waals surface area contributed by atoms with Crippen LogP contribution in [-0.2, 0) is 71.4 Å². The molecule has 0 N–H and O–H groups in total. The van der Waals surface area contributed by atoms with Crippen LogP contribution in [0.25, 0.3) is 44.3 Å². The lowest BCUT2D eigenvalue weighted by Gasteiger charge is -2.27. The average Bonchev–Trinajstić information content (AvgIpc) is 1.61. The van der Waals surface area contributed by atoms with Gasteiger partial charge in [-0.25, -0.2) is 24.9 Å². The number of alkyl halides is 3. The van der Waals surface area contributed by atoms with Gasteiger partial charge in [0.25, 0.3) is 23.6 Å². The number of aryl methyl sites for hydroxylation is 6. The molecule has 0 bridgehead atoms. The van der Waals surface area contributed by atoms with Gasteiger partial charge < -0.3 is 56.8 Å². The van der Waals surface area contributed by atoms with Gasteiger partial charge in [0.1, 0.15) is 40.0 Å². The number of terminal acetylenes is 4. The lowest BCUT2D eigenvalue weighted by atomic mass is 10.1. The molecule has 4 amide bonds. The average molecular weight is 1870 g/mol. The molecule has 0 unspecified atom stereocenters. The van der Waals surface area contributed by atoms with E-state index in [1.807, 2.05) is 62.7 Å². The van der Waals surface area contributed by atoms with Crippen molar-refractivity contribution < 1.29 is 51.3 Å². The monoisotopic (exact) mass is 1860 g/mol. The van der Waals surface area contributed by atoms with E-state index in [1.165, 1.54) is 10.6 Å². The number of ether oxygens (including phenoxy) is 4. The number of amides is 4. The zero-order valence-corrected chi connectivity index (χ0v) is 76.2. The molecule has 7 aromatic carbocycles. The summed E-state index contributed by atoms with van der Waals surface area (Å²) in [6.45, 7) is 21.1. The molecule has 4 fully saturated rings. The van der Waals surface area contributed by atoms with Crippen LogP contribution in [0, 0.1) is 70.1 Å². The maximum absolute atomic E-state index is 13.6. The quantitative estimate of drug-likeness (QED) is 0.0931. The van der Waals surface area contributed by atoms with Crippen molar-refractivity contribution in [1.82, 2.24) is 62.8 Å². The van der Waals surface area contributed by atoms with E-state index in [0.717, 1.165) is 85.5 Å². The van der Waals surface area contributed by atoms with Crippen LogP contribution in [0.3, 0.4) is 0 Å². The highest BCUT2D eigenvalue weighted by atomic mass is 35.5. The molecule has 652 valence electrons. The molecule has 126 heavy (non-hydrogen) atoms. The number of imidazole rings is 4. The van der Waals surface area contributed by atoms with Gasteiger partial charge in [0.15, 0.2) is 5.65 Å². The first kappa shape index (κ1) is 93.3. The minimum atomic E-state index is -4.63. The summed E-state index contributed by atoms with van der Waals surface area (Å²) in [6, 6.07) is 25.6. The van der Waals surface area contributed by atoms with E-state index in [9.17, 15) is 32.3 Å². The highest BCUT2D eigenvalue weighted by Gasteiger charge is 2.36. The molecule has 0 atom stereocenters. The largest absolute Gasteiger partial charge is 0.418 e. The second kappa shape index (κ2) is 40.3. The predicted molar refractivity (Wildman–Crippen MR) is 490 cm³/mol. The van der Waals surface area contributed by atoms with Crippen LogP contribution >= 0.6 is 92.8 Å². The van der Waals surface area contributed by atoms with Crippen molar-refractivity contribution in [3.05, 3.63) is 244 Å². The first-order valence-electron chi connectivity index (χ1n) is 40.4. The van der Waals surface area contributed by atoms with Gasteiger partial charge in [0.2, 0.25) is 0 Å². The van der Waals surface area contributed by atoms with E-state index < -0.39 is 11.7 Å². The molecular weight excluding hydrogens is 1780 g/mol. The summed E-state index contributed by atoms with van der Waals surface area (Å²) in [7, 11) is 3.47. The predicted octanol–water partition coefficient (Wildman–Crippen LogP) is 18.6. The fourth-order valence-electron chi connectivity index (χ4n) is 15.7. The normalized spacial score (nSPS) is 14.3. The molecule has 12 aromatic rings. The van der Waals surface area contributed by atoms with Crippen LogP contribution in [0.2, 0.25) is 40.2 Å². The number of morpholine rings is 4. The Morgan fingerprint density at radius 2 is 0.738 bits per heavy atom. The zero-order chi connectivity index (χ0) is 90.4. The van der Waals surface area contributed by atoms with Crippen molar-refractivity contribution in [1.29, 1.82) is 0 Å². The van der Waals surface area contributed by atoms with E-state index >= 15 is 0 Å². The second-order valence-corrected chi connectivity index (χ2v) is 33.7. The van der Waals surface area contributed by atoms with E-state index in [-0.39, 0.29) is 68.3 Å². The number of hydrogen-bond acceptors (Lipinski definition) is 13. The van der Waals surface area contributed by atoms with Crippen LogP contribution in [0.1, 0.15) is 158 Å². The Balaban J connectivity index is 0.000000144. The molecular formula is C94H86Cl8F3N13O8. The molecule has 0 spiro atoms. The number of aromatic nitrogens is 9. The molecule has 32 heteroatoms. The van der Waals surface area contributed by atoms with Gasteiger partial charge in [0, 0.05) is 142 Å². The molecule has 16 rings (SSSR count). The van der Waals surface area contributed by atoms with Crippen LogP contribution in [0.4, 0.5) is 13.2 Å². The zero-order valence-electron chi connectivity index (χ0n) is 70.1. The van der Waals surface area contributed by atoms with Gasteiger partial charge in [-0.3, -0.25) is 19.2 Å². The van der Waals surface area contributed by atoms with Gasteiger partial charge in [0.05, 0.1) is 128 Å². The molecule has 0 radical (unpaired) electrons. The maximum Gasteiger partial charge on any atom is 0.418 e. The number of halogens is 11. The molecule has 5 aromatic heterocycles. The minimum absolute atomic E-state index is 0.0236. The van der Waals surface area contributed by atoms with E-state index in [1.54, 1.807) is 75.2 Å². The Bertz CT molecular complexity index is 6460. The summed E-state index contributed by atoms with van der Waals surface area (Å²) < 4.78 is 69.9. The van der Waals surface area contributed by atoms with Crippen LogP contribution in [0.15, 0.2) is 91.0 Å². The third kappa shape index (κ3) is 19.8. The van der Waals surface area contributed by atoms with Crippen molar-refractivity contribution in [3.8, 4) is 49.4 Å². The molecule has 4 saturated heterocycles. The Kier molecular flexibility index (Phi) is 29.8. The molecule has 4 aliphatic rings. The number of rotatable bonds is 14. The number of hydrogen-bond donors (Lipinski definition) is 0. The van der Waals surface area contributed by atoms with Crippen molar-refractivity contribution in [2.24, 2.45) is 14.1 Å². The summed E-state index contributed by atoms with van der Waals surface area (Å²) in [4.78, 5) is 82.1. The molecule has 0 saturated carbocycles. The summed E-state index contributed by atoms with van der Waals surface area (Å²) in [5, 5.41) is 3.03. The van der Waals surface area contributed by atoms with Crippen molar-refractivity contribution in [3.63, 3.8) is 0 Å². The summed E-state index contributed by atoms with van der Waals surface area (Å²) in [6.07, 6.45) is 18.7. The Hall–Kier alpha value is -10.4. The highest BCUT2D eigenvalue weighted by molar-refractivity contribution is 6.40. The standard InChI is InChI=1S/C25H25Cl2N3O2.C24H23Cl2N3O2.C23H18Cl2F3N3O2.C22H20Cl2N4O2/c1-5-17-12-16(4)24-21(13-17)30(15(2)3)22(28-24)14-19-20(26)7-6-18(23(19)27)25(31)29-8-10-32-11-9-29;1-4-16-12-15(3)23-20(13-16)29(5-2)21(27-23)14-18-19(25)7-6-17(22(18)26)24(30)28-8-10-31-11-9-28;1-3-13-10-16(23(26,27)28)21-18(11-13)30(2)19(29-21)12-15-17(24)5-4-14(20(15)25)22(32)31-6-8-33-9-7-31;1-4-14-11-13(2)20-21(25-14)27(3)18(26-20)12-16-17(23)6-5-15(19(16)24)22(29)28-7-9-30-10-8-28/h1,6-7,12-13,15H,8-11,14H2,2-4H3;1,6-7,12-13H,5,8-11,14H2,2-3H3;1,4-5,10-11H,6-9,12H2,2H3;1,5-6,11H,7-10,12H2,2-3H3. The number of benzene rings is 7. The van der Waals surface area contributed by atoms with Crippen molar-refractivity contribution in [2.45, 2.75) is 86.0 Å². The third-order valence-corrected chi connectivity index (χ3v) is 25.5. The number of carbonyl (C=O) groups is 4. The maximum atomic E-state index is 13.6. The fraction of sp³-hybridized carbons (Fsp3) is 0.330. The van der Waals surface area contributed by atoms with Gasteiger partial charge in [-0.15, -0.1) is 25.7 Å². The van der Waals surface area contributed by atoms with Crippen LogP contribution in [0.5, 0.6) is 0 Å². The smallest absolute Gasteiger partial charge is 0.378 e. The number of carbonyl (C=O) groups excluding carboxylic acids is 4. The van der Waals surface area contributed by atoms with Gasteiger partial charge in [-0.05, 0) is 171 Å². The Morgan fingerprint density at radius 1 is 0.413 bits per heavy atom. The lowest BCUT2D eigenvalue weighted by Crippen LogP contribution is -2.40. The first-order chi connectivity index (χ1) is 60.3. The molecule has 4 aliphatic heterocycles. The van der Waals surface area contributed by atoms with E-state index in [0.29, 0.717) is 211 Å². The van der Waals surface area contributed by atoms with Gasteiger partial charge in [-0.1, -0.05) is 116 Å². The second-order valence-electron chi connectivity index (χ2n) is 30.6. The summed E-state index contributed by atoms with van der Waals surface area (Å²) in [5.74, 6) is 12.3. The Morgan fingerprint density at radius 3 is 1.11 bits per heavy atom. The number of nitrogens with zero attached hydrogens (tertiary/aromatic N) is 13. The third-order valence-electron chi connectivity index (χ3n) is 22.4. The van der Waals surface area contributed by atoms with Crippen molar-refractivity contribution in [2.75, 3.05) is 105 Å². The van der Waals surface area contributed by atoms with Crippen LogP contribution in [-0.4, -0.2) is 192 Å². The van der Waals surface area contributed by atoms with Gasteiger partial charge in [-0.2, -0.15) is 13.2 Å². The van der Waals surface area contributed by atoms with Crippen molar-refractivity contribution >= 4 is 161 Å². The summed E-state index contributed by atoms with van der Waals surface area (Å²) in [5.41, 5.74) is 13.7. The topological polar surface area (TPSA) is 202 Å². The summed E-state index contributed by atoms with van der Waals surface area (Å²) >= 11 is 52.6. The number of fused-ring (bicyclic) bond motifs is 4. The number of pyridine rings is 1. The SMILES string of the molecule is C#Cc1cc(C(F)(F)F)c2nc(Cc3c(Cl)ccc(C(=O)N4CCOCC4)c3Cl)n(C)c2c1.C#Cc1cc(C)c2nc(Cc3c(Cl)ccc(C(=O)N4CCOCC4)c3Cl)n(C(C)C)c2c1.C#Cc1cc(C)c2nc(Cc3c(Cl)ccc(C(=O)N4CCOCC4)c3Cl)n(C)c2n1.C#Cc1cc(C)c2nc(Cc3c(Cl)ccc(C(=O)N4CCOCC4)c3Cl)n(CC)c2c1. The highest BCUT2D eigenvalue weighted by Crippen LogP contribution is 2.41. The lowest BCUT2D eigenvalue weighted by molar-refractivity contribution is -0.136. The molecule has 0 aliphatic carbocycles. The minimum Gasteiger partial charge on any atom is -0.378 e. The van der Waals surface area contributed by atoms with Crippen LogP contribution < -0.4 is 0 Å². The fourth-order valence-corrected chi connectivity index (χ4v) is 18.0.